The number of rotatable bonds is 4. The van der Waals surface area contributed by atoms with Crippen molar-refractivity contribution in [2.24, 2.45) is 17.8 Å². The minimum Gasteiger partial charge on any atom is -0.496 e. The number of ether oxygens (including phenoxy) is 1. The Balaban J connectivity index is 1.34. The summed E-state index contributed by atoms with van der Waals surface area (Å²) < 4.78 is 5.86. The first-order valence-electron chi connectivity index (χ1n) is 10.7. The van der Waals surface area contributed by atoms with Crippen molar-refractivity contribution in [1.82, 2.24) is 0 Å². The summed E-state index contributed by atoms with van der Waals surface area (Å²) in [5, 5.41) is 12.1. The molecule has 4 aliphatic rings. The van der Waals surface area contributed by atoms with Crippen molar-refractivity contribution in [2.45, 2.75) is 48.8 Å². The molecule has 0 aromatic heterocycles. The predicted molar refractivity (Wildman–Crippen MR) is 119 cm³/mol. The molecule has 4 aliphatic carbocycles. The number of carbonyl (C=O) groups is 1. The normalized spacial score (nSPS) is 28.6. The van der Waals surface area contributed by atoms with Crippen LogP contribution in [0.25, 0.3) is 0 Å². The molecule has 0 unspecified atom stereocenters. The van der Waals surface area contributed by atoms with E-state index in [2.05, 4.69) is 29.4 Å². The van der Waals surface area contributed by atoms with Crippen LogP contribution in [0.2, 0.25) is 0 Å². The van der Waals surface area contributed by atoms with Crippen LogP contribution in [-0.4, -0.2) is 18.2 Å². The second-order valence-corrected chi connectivity index (χ2v) is 10.2. The van der Waals surface area contributed by atoms with E-state index in [4.69, 9.17) is 9.84 Å². The van der Waals surface area contributed by atoms with Crippen molar-refractivity contribution in [3.8, 4) is 16.9 Å². The molecule has 0 spiro atoms. The Hall–Kier alpha value is -2.38. The van der Waals surface area contributed by atoms with Crippen molar-refractivity contribution in [2.75, 3.05) is 7.11 Å². The molecule has 3 nitrogen and oxygen atoms in total. The Morgan fingerprint density at radius 1 is 1.03 bits per heavy atom. The van der Waals surface area contributed by atoms with Gasteiger partial charge in [-0.05, 0) is 115 Å². The maximum atomic E-state index is 10.9. The van der Waals surface area contributed by atoms with E-state index in [-0.39, 0.29) is 5.56 Å². The van der Waals surface area contributed by atoms with Crippen LogP contribution in [0.4, 0.5) is 0 Å². The number of hydrogen-bond donors (Lipinski definition) is 1. The molecule has 0 atom stereocenters. The molecule has 4 bridgehead atoms. The van der Waals surface area contributed by atoms with Crippen LogP contribution < -0.4 is 4.74 Å². The molecule has 0 saturated heterocycles. The molecule has 6 rings (SSSR count). The Labute approximate surface area is 182 Å². The second kappa shape index (κ2) is 7.71. The fraction of sp³-hybridized carbons (Fsp3) is 0.423. The van der Waals surface area contributed by atoms with E-state index in [9.17, 15) is 4.79 Å². The van der Waals surface area contributed by atoms with Gasteiger partial charge in [0.05, 0.1) is 12.7 Å². The van der Waals surface area contributed by atoms with Crippen LogP contribution in [0.5, 0.6) is 5.75 Å². The average molecular weight is 419 g/mol. The van der Waals surface area contributed by atoms with E-state index in [1.807, 2.05) is 0 Å². The zero-order chi connectivity index (χ0) is 20.7. The highest BCUT2D eigenvalue weighted by Gasteiger charge is 2.52. The maximum Gasteiger partial charge on any atom is 0.335 e. The highest BCUT2D eigenvalue weighted by molar-refractivity contribution is 8.04. The van der Waals surface area contributed by atoms with Gasteiger partial charge in [-0.2, -0.15) is 0 Å². The van der Waals surface area contributed by atoms with Crippen LogP contribution in [0.1, 0.15) is 60.0 Å². The Bertz CT molecular complexity index is 993. The summed E-state index contributed by atoms with van der Waals surface area (Å²) in [5.74, 6) is 5.92. The molecule has 0 aliphatic heterocycles. The van der Waals surface area contributed by atoms with Gasteiger partial charge >= 0.3 is 5.97 Å². The topological polar surface area (TPSA) is 46.5 Å². The van der Waals surface area contributed by atoms with E-state index in [1.54, 1.807) is 31.4 Å². The minimum atomic E-state index is -0.921. The average Bonchev–Trinajstić information content (AvgIpc) is 2.73. The first-order chi connectivity index (χ1) is 14.5. The first kappa shape index (κ1) is 19.6. The fourth-order valence-corrected chi connectivity index (χ4v) is 7.04. The van der Waals surface area contributed by atoms with Crippen LogP contribution in [-0.2, 0) is 5.41 Å². The van der Waals surface area contributed by atoms with Crippen molar-refractivity contribution in [1.29, 1.82) is 0 Å². The van der Waals surface area contributed by atoms with Crippen molar-refractivity contribution < 1.29 is 14.6 Å². The van der Waals surface area contributed by atoms with E-state index in [0.29, 0.717) is 5.41 Å². The minimum absolute atomic E-state index is 0.276. The van der Waals surface area contributed by atoms with Crippen LogP contribution in [0.3, 0.4) is 0 Å². The van der Waals surface area contributed by atoms with Gasteiger partial charge in [0.2, 0.25) is 0 Å². The zero-order valence-electron chi connectivity index (χ0n) is 17.2. The number of benzene rings is 2. The monoisotopic (exact) mass is 418 g/mol. The van der Waals surface area contributed by atoms with Crippen LogP contribution >= 0.6 is 11.8 Å². The fourth-order valence-electron chi connectivity index (χ4n) is 6.45. The van der Waals surface area contributed by atoms with Gasteiger partial charge in [-0.15, -0.1) is 0 Å². The molecular weight excluding hydrogens is 392 g/mol. The molecule has 0 heterocycles. The molecule has 2 aromatic carbocycles. The van der Waals surface area contributed by atoms with Gasteiger partial charge in [0, 0.05) is 16.0 Å². The number of aromatic carboxylic acids is 1. The SMILES string of the molecule is COc1cc(SC#Cc2ccc(C(=O)O)cc2)ccc1C12CC3CC(CC(C3)C1)C2. The first-order valence-corrected chi connectivity index (χ1v) is 11.6. The van der Waals surface area contributed by atoms with Crippen molar-refractivity contribution in [3.63, 3.8) is 0 Å². The standard InChI is InChI=1S/C26H26O3S/c1-29-24-13-22(30-9-8-17-2-4-21(5-3-17)25(27)28)6-7-23(24)26-14-18-10-19(15-26)12-20(11-18)16-26/h2-7,13,18-20H,10-12,14-16H2,1H3,(H,27,28). The highest BCUT2D eigenvalue weighted by atomic mass is 32.2. The number of carboxylic acid groups (broad SMARTS) is 1. The van der Waals surface area contributed by atoms with Gasteiger partial charge in [-0.1, -0.05) is 12.0 Å². The Morgan fingerprint density at radius 3 is 2.23 bits per heavy atom. The van der Waals surface area contributed by atoms with Crippen molar-refractivity contribution in [3.05, 3.63) is 59.2 Å². The summed E-state index contributed by atoms with van der Waals surface area (Å²) in [4.78, 5) is 12.0. The summed E-state index contributed by atoms with van der Waals surface area (Å²) in [6.45, 7) is 0. The van der Waals surface area contributed by atoms with E-state index < -0.39 is 5.97 Å². The lowest BCUT2D eigenvalue weighted by molar-refractivity contribution is -0.00618. The number of carboxylic acids is 1. The molecule has 0 radical (unpaired) electrons. The van der Waals surface area contributed by atoms with E-state index >= 15 is 0 Å². The van der Waals surface area contributed by atoms with Crippen molar-refractivity contribution >= 4 is 17.7 Å². The predicted octanol–water partition coefficient (Wildman–Crippen LogP) is 5.96. The molecular formula is C26H26O3S. The summed E-state index contributed by atoms with van der Waals surface area (Å²) in [6.07, 6.45) is 8.31. The molecule has 2 aromatic rings. The Morgan fingerprint density at radius 2 is 1.67 bits per heavy atom. The van der Waals surface area contributed by atoms with Crippen LogP contribution in [0, 0.1) is 28.9 Å². The van der Waals surface area contributed by atoms with E-state index in [1.165, 1.54) is 55.9 Å². The van der Waals surface area contributed by atoms with Crippen LogP contribution in [0.15, 0.2) is 47.4 Å². The summed E-state index contributed by atoms with van der Waals surface area (Å²) in [6, 6.07) is 13.3. The third-order valence-electron chi connectivity index (χ3n) is 7.28. The molecule has 4 saturated carbocycles. The van der Waals surface area contributed by atoms with E-state index in [0.717, 1.165) is 34.0 Å². The highest BCUT2D eigenvalue weighted by Crippen LogP contribution is 2.62. The molecule has 154 valence electrons. The maximum absolute atomic E-state index is 10.9. The summed E-state index contributed by atoms with van der Waals surface area (Å²) >= 11 is 1.48. The smallest absolute Gasteiger partial charge is 0.335 e. The largest absolute Gasteiger partial charge is 0.496 e. The third kappa shape index (κ3) is 3.61. The third-order valence-corrected chi connectivity index (χ3v) is 7.97. The molecule has 1 N–H and O–H groups in total. The van der Waals surface area contributed by atoms with Gasteiger partial charge in [0.1, 0.15) is 5.75 Å². The van der Waals surface area contributed by atoms with Gasteiger partial charge in [0.25, 0.3) is 0 Å². The Kier molecular flexibility index (Phi) is 5.03. The number of hydrogen-bond acceptors (Lipinski definition) is 3. The molecule has 4 heteroatoms. The summed E-state index contributed by atoms with van der Waals surface area (Å²) in [7, 11) is 1.78. The second-order valence-electron chi connectivity index (χ2n) is 9.27. The molecule has 0 amide bonds. The van der Waals surface area contributed by atoms with Gasteiger partial charge < -0.3 is 9.84 Å². The van der Waals surface area contributed by atoms with Gasteiger partial charge in [-0.3, -0.25) is 0 Å². The molecule has 4 fully saturated rings. The zero-order valence-corrected chi connectivity index (χ0v) is 18.0. The molecule has 30 heavy (non-hydrogen) atoms. The lowest BCUT2D eigenvalue weighted by Gasteiger charge is -2.57. The number of methoxy groups -OCH3 is 1. The lowest BCUT2D eigenvalue weighted by Crippen LogP contribution is -2.48. The van der Waals surface area contributed by atoms with Gasteiger partial charge in [-0.25, -0.2) is 4.79 Å². The van der Waals surface area contributed by atoms with Gasteiger partial charge in [0.15, 0.2) is 0 Å². The lowest BCUT2D eigenvalue weighted by atomic mass is 9.48. The quantitative estimate of drug-likeness (QED) is 0.491. The number of thioether (sulfide) groups is 1. The summed E-state index contributed by atoms with van der Waals surface area (Å²) in [5.41, 5.74) is 2.81.